The van der Waals surface area contributed by atoms with Crippen LogP contribution in [0.15, 0.2) is 42.5 Å². The van der Waals surface area contributed by atoms with E-state index in [0.29, 0.717) is 22.0 Å². The summed E-state index contributed by atoms with van der Waals surface area (Å²) in [4.78, 5) is 0. The Bertz CT molecular complexity index is 517. The van der Waals surface area contributed by atoms with E-state index in [4.69, 9.17) is 34.8 Å². The molecule has 0 heterocycles. The molecule has 0 amide bonds. The van der Waals surface area contributed by atoms with Crippen molar-refractivity contribution >= 4 is 34.8 Å². The fourth-order valence-electron chi connectivity index (χ4n) is 1.74. The highest BCUT2D eigenvalue weighted by atomic mass is 35.5. The van der Waals surface area contributed by atoms with Crippen molar-refractivity contribution in [2.45, 2.75) is 11.8 Å². The zero-order chi connectivity index (χ0) is 13.1. The molecule has 2 aromatic carbocycles. The molecule has 2 aromatic rings. The quantitative estimate of drug-likeness (QED) is 0.642. The molecule has 0 aliphatic heterocycles. The van der Waals surface area contributed by atoms with Gasteiger partial charge in [0.15, 0.2) is 0 Å². The third-order valence-electron chi connectivity index (χ3n) is 2.64. The molecule has 0 spiro atoms. The van der Waals surface area contributed by atoms with Gasteiger partial charge in [0.2, 0.25) is 0 Å². The summed E-state index contributed by atoms with van der Waals surface area (Å²) in [7, 11) is 0. The standard InChI is InChI=1S/C14H10Cl3F/c15-11-2-1-3-12(16)14(11)13(17)8-9-4-6-10(18)7-5-9/h1-7,13H,8H2. The SMILES string of the molecule is Fc1ccc(CC(Cl)c2c(Cl)cccc2Cl)cc1. The minimum atomic E-state index is -0.336. The Hall–Kier alpha value is -0.760. The molecule has 0 saturated carbocycles. The zero-order valence-electron chi connectivity index (χ0n) is 9.34. The van der Waals surface area contributed by atoms with E-state index in [9.17, 15) is 4.39 Å². The predicted molar refractivity (Wildman–Crippen MR) is 75.2 cm³/mol. The Kier molecular flexibility index (Phi) is 4.50. The van der Waals surface area contributed by atoms with Gasteiger partial charge in [-0.1, -0.05) is 41.4 Å². The van der Waals surface area contributed by atoms with E-state index in [2.05, 4.69) is 0 Å². The van der Waals surface area contributed by atoms with Crippen LogP contribution < -0.4 is 0 Å². The second-order valence-corrected chi connectivity index (χ2v) is 5.27. The first kappa shape index (κ1) is 13.7. The first-order valence-corrected chi connectivity index (χ1v) is 6.59. The number of rotatable bonds is 3. The van der Waals surface area contributed by atoms with Gasteiger partial charge in [-0.25, -0.2) is 4.39 Å². The second-order valence-electron chi connectivity index (χ2n) is 3.93. The highest BCUT2D eigenvalue weighted by Gasteiger charge is 2.16. The number of alkyl halides is 1. The minimum absolute atomic E-state index is 0.263. The third-order valence-corrected chi connectivity index (χ3v) is 3.67. The molecular weight excluding hydrogens is 294 g/mol. The van der Waals surface area contributed by atoms with Gasteiger partial charge in [-0.15, -0.1) is 11.6 Å². The van der Waals surface area contributed by atoms with Crippen molar-refractivity contribution in [1.82, 2.24) is 0 Å². The van der Waals surface area contributed by atoms with Crippen molar-refractivity contribution in [3.63, 3.8) is 0 Å². The van der Waals surface area contributed by atoms with E-state index in [1.165, 1.54) is 12.1 Å². The first-order valence-electron chi connectivity index (χ1n) is 5.40. The van der Waals surface area contributed by atoms with E-state index < -0.39 is 0 Å². The van der Waals surface area contributed by atoms with E-state index in [1.54, 1.807) is 30.3 Å². The van der Waals surface area contributed by atoms with Gasteiger partial charge in [-0.05, 0) is 36.2 Å². The van der Waals surface area contributed by atoms with Gasteiger partial charge < -0.3 is 0 Å². The zero-order valence-corrected chi connectivity index (χ0v) is 11.6. The van der Waals surface area contributed by atoms with Crippen LogP contribution in [-0.4, -0.2) is 0 Å². The first-order chi connectivity index (χ1) is 8.58. The Morgan fingerprint density at radius 2 is 1.50 bits per heavy atom. The summed E-state index contributed by atoms with van der Waals surface area (Å²) in [5, 5.41) is 0.755. The summed E-state index contributed by atoms with van der Waals surface area (Å²) in [6.45, 7) is 0. The molecule has 4 heteroatoms. The second kappa shape index (κ2) is 5.92. The predicted octanol–water partition coefficient (Wildman–Crippen LogP) is 5.66. The van der Waals surface area contributed by atoms with Crippen molar-refractivity contribution in [2.24, 2.45) is 0 Å². The average Bonchev–Trinajstić information content (AvgIpc) is 2.32. The molecule has 0 nitrogen and oxygen atoms in total. The highest BCUT2D eigenvalue weighted by molar-refractivity contribution is 6.37. The van der Waals surface area contributed by atoms with Gasteiger partial charge in [-0.3, -0.25) is 0 Å². The van der Waals surface area contributed by atoms with Crippen molar-refractivity contribution in [3.05, 3.63) is 69.5 Å². The number of halogens is 4. The largest absolute Gasteiger partial charge is 0.207 e. The smallest absolute Gasteiger partial charge is 0.123 e. The summed E-state index contributed by atoms with van der Waals surface area (Å²) in [5.74, 6) is -0.263. The lowest BCUT2D eigenvalue weighted by atomic mass is 10.0. The van der Waals surface area contributed by atoms with Gasteiger partial charge in [0.1, 0.15) is 5.82 Å². The molecule has 0 aliphatic carbocycles. The topological polar surface area (TPSA) is 0 Å². The van der Waals surface area contributed by atoms with Crippen LogP contribution in [0.4, 0.5) is 4.39 Å². The summed E-state index contributed by atoms with van der Waals surface area (Å²) in [6.07, 6.45) is 0.547. The third kappa shape index (κ3) is 3.17. The molecule has 0 aromatic heterocycles. The van der Waals surface area contributed by atoms with Crippen molar-refractivity contribution < 1.29 is 4.39 Å². The molecule has 18 heavy (non-hydrogen) atoms. The summed E-state index contributed by atoms with van der Waals surface area (Å²) >= 11 is 18.5. The van der Waals surface area contributed by atoms with Gasteiger partial charge in [0.05, 0.1) is 5.38 Å². The molecule has 0 saturated heterocycles. The van der Waals surface area contributed by atoms with Crippen LogP contribution >= 0.6 is 34.8 Å². The lowest BCUT2D eigenvalue weighted by molar-refractivity contribution is 0.627. The minimum Gasteiger partial charge on any atom is -0.207 e. The van der Waals surface area contributed by atoms with Crippen LogP contribution in [0.2, 0.25) is 10.0 Å². The Labute approximate surface area is 120 Å². The van der Waals surface area contributed by atoms with E-state index in [-0.39, 0.29) is 11.2 Å². The van der Waals surface area contributed by atoms with E-state index in [0.717, 1.165) is 5.56 Å². The number of hydrogen-bond acceptors (Lipinski definition) is 0. The molecule has 0 N–H and O–H groups in total. The normalized spacial score (nSPS) is 12.4. The molecule has 1 unspecified atom stereocenters. The fraction of sp³-hybridized carbons (Fsp3) is 0.143. The molecule has 0 fully saturated rings. The molecular formula is C14H10Cl3F. The number of benzene rings is 2. The Morgan fingerprint density at radius 1 is 0.944 bits per heavy atom. The van der Waals surface area contributed by atoms with Crippen LogP contribution in [0.5, 0.6) is 0 Å². The van der Waals surface area contributed by atoms with Crippen LogP contribution in [0.3, 0.4) is 0 Å². The molecule has 0 bridgehead atoms. The molecule has 2 rings (SSSR count). The highest BCUT2D eigenvalue weighted by Crippen LogP contribution is 2.35. The fourth-order valence-corrected chi connectivity index (χ4v) is 2.93. The van der Waals surface area contributed by atoms with Gasteiger partial charge in [-0.2, -0.15) is 0 Å². The van der Waals surface area contributed by atoms with Crippen LogP contribution in [0.25, 0.3) is 0 Å². The lowest BCUT2D eigenvalue weighted by Crippen LogP contribution is -1.98. The van der Waals surface area contributed by atoms with Crippen LogP contribution in [0, 0.1) is 5.82 Å². The van der Waals surface area contributed by atoms with Crippen LogP contribution in [-0.2, 0) is 6.42 Å². The summed E-state index contributed by atoms with van der Waals surface area (Å²) < 4.78 is 12.8. The molecule has 0 aliphatic rings. The maximum atomic E-state index is 12.8. The molecule has 0 radical (unpaired) electrons. The maximum Gasteiger partial charge on any atom is 0.123 e. The lowest BCUT2D eigenvalue weighted by Gasteiger charge is -2.13. The number of hydrogen-bond donors (Lipinski definition) is 0. The van der Waals surface area contributed by atoms with E-state index >= 15 is 0 Å². The monoisotopic (exact) mass is 302 g/mol. The van der Waals surface area contributed by atoms with Gasteiger partial charge >= 0.3 is 0 Å². The molecule has 1 atom stereocenters. The van der Waals surface area contributed by atoms with Gasteiger partial charge in [0, 0.05) is 15.6 Å². The summed E-state index contributed by atoms with van der Waals surface area (Å²) in [5.41, 5.74) is 1.65. The van der Waals surface area contributed by atoms with Crippen molar-refractivity contribution in [2.75, 3.05) is 0 Å². The van der Waals surface area contributed by atoms with Crippen LogP contribution in [0.1, 0.15) is 16.5 Å². The average molecular weight is 304 g/mol. The van der Waals surface area contributed by atoms with Gasteiger partial charge in [0.25, 0.3) is 0 Å². The Balaban J connectivity index is 2.22. The summed E-state index contributed by atoms with van der Waals surface area (Å²) in [6, 6.07) is 11.5. The molecule has 94 valence electrons. The maximum absolute atomic E-state index is 12.8. The van der Waals surface area contributed by atoms with Crippen molar-refractivity contribution in [1.29, 1.82) is 0 Å². The van der Waals surface area contributed by atoms with Crippen molar-refractivity contribution in [3.8, 4) is 0 Å². The Morgan fingerprint density at radius 3 is 2.06 bits per heavy atom. The van der Waals surface area contributed by atoms with E-state index in [1.807, 2.05) is 0 Å².